The van der Waals surface area contributed by atoms with E-state index in [0.29, 0.717) is 11.8 Å². The van der Waals surface area contributed by atoms with E-state index >= 15 is 0 Å². The zero-order valence-electron chi connectivity index (χ0n) is 14.1. The van der Waals surface area contributed by atoms with Crippen molar-refractivity contribution in [2.45, 2.75) is 66.2 Å². The van der Waals surface area contributed by atoms with Crippen molar-refractivity contribution in [1.82, 2.24) is 0 Å². The predicted octanol–water partition coefficient (Wildman–Crippen LogP) is 6.55. The van der Waals surface area contributed by atoms with E-state index in [1.165, 1.54) is 37.7 Å². The Morgan fingerprint density at radius 1 is 1.25 bits per heavy atom. The van der Waals surface area contributed by atoms with Gasteiger partial charge in [0.05, 0.1) is 0 Å². The predicted molar refractivity (Wildman–Crippen MR) is 91.8 cm³/mol. The standard InChI is InChI=1S/C20H34/c1-6-7-8-10-19-11-9-12-20(19)18(5)14-13-17(4)15-16(2)3/h8,10,13-14,16,18-20H,4,6-7,9,11-12,15H2,1-3,5H3/b10-8+,14-13+/t18-,19?,20?/m1/s1. The lowest BCUT2D eigenvalue weighted by Gasteiger charge is -2.21. The van der Waals surface area contributed by atoms with Crippen LogP contribution in [0.15, 0.2) is 36.5 Å². The second kappa shape index (κ2) is 9.21. The first-order chi connectivity index (χ1) is 9.54. The summed E-state index contributed by atoms with van der Waals surface area (Å²) in [5, 5.41) is 0. The summed E-state index contributed by atoms with van der Waals surface area (Å²) in [7, 11) is 0. The third kappa shape index (κ3) is 6.11. The van der Waals surface area contributed by atoms with Crippen molar-refractivity contribution in [3.8, 4) is 0 Å². The van der Waals surface area contributed by atoms with Crippen LogP contribution in [0, 0.1) is 23.7 Å². The van der Waals surface area contributed by atoms with Gasteiger partial charge in [-0.05, 0) is 49.4 Å². The largest absolute Gasteiger partial charge is 0.0958 e. The summed E-state index contributed by atoms with van der Waals surface area (Å²) in [5.41, 5.74) is 1.28. The Hall–Kier alpha value is -0.780. The van der Waals surface area contributed by atoms with Crippen LogP contribution in [0.1, 0.15) is 66.2 Å². The zero-order valence-corrected chi connectivity index (χ0v) is 14.1. The van der Waals surface area contributed by atoms with E-state index in [9.17, 15) is 0 Å². The molecule has 0 bridgehead atoms. The Balaban J connectivity index is 2.50. The SMILES string of the molecule is C=C(/C=C/[C@@H](C)C1CCCC1/C=C/CCC)CC(C)C. The van der Waals surface area contributed by atoms with E-state index in [1.807, 2.05) is 0 Å². The first kappa shape index (κ1) is 17.3. The van der Waals surface area contributed by atoms with Gasteiger partial charge in [-0.1, -0.05) is 77.0 Å². The van der Waals surface area contributed by atoms with Crippen LogP contribution >= 0.6 is 0 Å². The summed E-state index contributed by atoms with van der Waals surface area (Å²) in [6.45, 7) is 13.3. The fourth-order valence-electron chi connectivity index (χ4n) is 3.37. The van der Waals surface area contributed by atoms with Crippen molar-refractivity contribution < 1.29 is 0 Å². The van der Waals surface area contributed by atoms with Gasteiger partial charge in [0.2, 0.25) is 0 Å². The van der Waals surface area contributed by atoms with Crippen LogP contribution in [-0.2, 0) is 0 Å². The van der Waals surface area contributed by atoms with Gasteiger partial charge in [0.15, 0.2) is 0 Å². The lowest BCUT2D eigenvalue weighted by Crippen LogP contribution is -2.13. The minimum absolute atomic E-state index is 0.678. The van der Waals surface area contributed by atoms with E-state index in [0.717, 1.165) is 18.3 Å². The third-order valence-corrected chi connectivity index (χ3v) is 4.44. The highest BCUT2D eigenvalue weighted by Crippen LogP contribution is 2.38. The van der Waals surface area contributed by atoms with Crippen LogP contribution in [0.5, 0.6) is 0 Å². The Labute approximate surface area is 127 Å². The first-order valence-electron chi connectivity index (χ1n) is 8.57. The lowest BCUT2D eigenvalue weighted by molar-refractivity contribution is 0.368. The van der Waals surface area contributed by atoms with E-state index in [-0.39, 0.29) is 0 Å². The quantitative estimate of drug-likeness (QED) is 0.347. The van der Waals surface area contributed by atoms with Gasteiger partial charge >= 0.3 is 0 Å². The molecule has 0 heteroatoms. The molecule has 0 spiro atoms. The van der Waals surface area contributed by atoms with Gasteiger partial charge in [-0.2, -0.15) is 0 Å². The van der Waals surface area contributed by atoms with Crippen LogP contribution in [0.2, 0.25) is 0 Å². The molecule has 1 aliphatic carbocycles. The third-order valence-electron chi connectivity index (χ3n) is 4.44. The highest BCUT2D eigenvalue weighted by molar-refractivity contribution is 5.16. The van der Waals surface area contributed by atoms with Crippen molar-refractivity contribution in [2.75, 3.05) is 0 Å². The molecule has 0 nitrogen and oxygen atoms in total. The summed E-state index contributed by atoms with van der Waals surface area (Å²) in [4.78, 5) is 0. The molecule has 1 aliphatic rings. The Bertz CT molecular complexity index is 332. The van der Waals surface area contributed by atoms with Gasteiger partial charge in [-0.3, -0.25) is 0 Å². The maximum absolute atomic E-state index is 4.17. The number of hydrogen-bond donors (Lipinski definition) is 0. The summed E-state index contributed by atoms with van der Waals surface area (Å²) < 4.78 is 0. The molecule has 1 rings (SSSR count). The average Bonchev–Trinajstić information content (AvgIpc) is 2.84. The van der Waals surface area contributed by atoms with Gasteiger partial charge in [0.25, 0.3) is 0 Å². The molecule has 0 aliphatic heterocycles. The van der Waals surface area contributed by atoms with Crippen molar-refractivity contribution in [3.63, 3.8) is 0 Å². The van der Waals surface area contributed by atoms with Crippen molar-refractivity contribution >= 4 is 0 Å². The molecule has 20 heavy (non-hydrogen) atoms. The van der Waals surface area contributed by atoms with Crippen LogP contribution in [0.3, 0.4) is 0 Å². The highest BCUT2D eigenvalue weighted by atomic mass is 14.3. The van der Waals surface area contributed by atoms with E-state index < -0.39 is 0 Å². The minimum Gasteiger partial charge on any atom is -0.0958 e. The van der Waals surface area contributed by atoms with Crippen LogP contribution in [0.4, 0.5) is 0 Å². The monoisotopic (exact) mass is 274 g/mol. The molecule has 3 atom stereocenters. The Morgan fingerprint density at radius 3 is 2.65 bits per heavy atom. The maximum atomic E-state index is 4.17. The Kier molecular flexibility index (Phi) is 7.95. The fourth-order valence-corrected chi connectivity index (χ4v) is 3.37. The molecule has 0 aromatic carbocycles. The molecule has 114 valence electrons. The molecule has 0 aromatic heterocycles. The molecule has 0 heterocycles. The molecule has 0 amide bonds. The average molecular weight is 274 g/mol. The molecular weight excluding hydrogens is 240 g/mol. The summed E-state index contributed by atoms with van der Waals surface area (Å²) in [6.07, 6.45) is 17.4. The lowest BCUT2D eigenvalue weighted by atomic mass is 9.84. The van der Waals surface area contributed by atoms with Gasteiger partial charge in [0.1, 0.15) is 0 Å². The molecule has 1 saturated carbocycles. The number of allylic oxidation sites excluding steroid dienone is 5. The normalized spacial score (nSPS) is 25.1. The van der Waals surface area contributed by atoms with Crippen LogP contribution < -0.4 is 0 Å². The second-order valence-electron chi connectivity index (χ2n) is 6.95. The van der Waals surface area contributed by atoms with Crippen LogP contribution in [-0.4, -0.2) is 0 Å². The van der Waals surface area contributed by atoms with E-state index in [2.05, 4.69) is 58.6 Å². The zero-order chi connectivity index (χ0) is 15.0. The molecule has 0 aromatic rings. The fraction of sp³-hybridized carbons (Fsp3) is 0.700. The maximum Gasteiger partial charge on any atom is -0.0200 e. The Morgan fingerprint density at radius 2 is 2.00 bits per heavy atom. The van der Waals surface area contributed by atoms with Gasteiger partial charge in [-0.15, -0.1) is 0 Å². The van der Waals surface area contributed by atoms with Gasteiger partial charge in [-0.25, -0.2) is 0 Å². The van der Waals surface area contributed by atoms with E-state index in [1.54, 1.807) is 0 Å². The van der Waals surface area contributed by atoms with Crippen molar-refractivity contribution in [3.05, 3.63) is 36.5 Å². The molecule has 2 unspecified atom stereocenters. The summed E-state index contributed by atoms with van der Waals surface area (Å²) in [5.74, 6) is 3.03. The molecule has 0 N–H and O–H groups in total. The highest BCUT2D eigenvalue weighted by Gasteiger charge is 2.28. The van der Waals surface area contributed by atoms with Gasteiger partial charge in [0, 0.05) is 0 Å². The number of hydrogen-bond acceptors (Lipinski definition) is 0. The van der Waals surface area contributed by atoms with Crippen LogP contribution in [0.25, 0.3) is 0 Å². The topological polar surface area (TPSA) is 0 Å². The second-order valence-corrected chi connectivity index (χ2v) is 6.95. The summed E-state index contributed by atoms with van der Waals surface area (Å²) >= 11 is 0. The summed E-state index contributed by atoms with van der Waals surface area (Å²) in [6, 6.07) is 0. The van der Waals surface area contributed by atoms with Crippen molar-refractivity contribution in [1.29, 1.82) is 0 Å². The number of rotatable bonds is 8. The first-order valence-corrected chi connectivity index (χ1v) is 8.57. The molecule has 1 fully saturated rings. The minimum atomic E-state index is 0.678. The molecule has 0 saturated heterocycles. The van der Waals surface area contributed by atoms with Crippen molar-refractivity contribution in [2.24, 2.45) is 23.7 Å². The molecule has 0 radical (unpaired) electrons. The smallest absolute Gasteiger partial charge is 0.0200 e. The number of unbranched alkanes of at least 4 members (excludes halogenated alkanes) is 1. The molecular formula is C20H34. The van der Waals surface area contributed by atoms with E-state index in [4.69, 9.17) is 0 Å². The van der Waals surface area contributed by atoms with Gasteiger partial charge < -0.3 is 0 Å².